The molecule has 1 saturated carbocycles. The molecule has 14 nitrogen and oxygen atoms in total. The molecule has 2 fully saturated rings. The number of methoxy groups -OCH3 is 1. The fraction of sp³-hybridized carbons (Fsp3) is 0.500. The van der Waals surface area contributed by atoms with E-state index >= 15 is 0 Å². The molecule has 1 aromatic heterocycles. The van der Waals surface area contributed by atoms with E-state index in [-0.39, 0.29) is 40.9 Å². The van der Waals surface area contributed by atoms with E-state index in [1.165, 1.54) is 14.0 Å². The van der Waals surface area contributed by atoms with Gasteiger partial charge in [0.15, 0.2) is 5.76 Å². The number of allylic oxidation sites excluding steroid dienone is 2. The average molecular weight is 675 g/mol. The Morgan fingerprint density at radius 3 is 2.23 bits per heavy atom. The van der Waals surface area contributed by atoms with Crippen molar-refractivity contribution >= 4 is 11.0 Å². The lowest BCUT2D eigenvalue weighted by atomic mass is 9.81. The molecular weight excluding hydrogens is 632 g/mol. The summed E-state index contributed by atoms with van der Waals surface area (Å²) in [4.78, 5) is 14.3. The zero-order valence-corrected chi connectivity index (χ0v) is 26.9. The van der Waals surface area contributed by atoms with Crippen LogP contribution in [0, 0.1) is 5.92 Å². The zero-order chi connectivity index (χ0) is 35.0. The van der Waals surface area contributed by atoms with E-state index in [9.17, 15) is 45.6 Å². The quantitative estimate of drug-likeness (QED) is 0.146. The first-order valence-electron chi connectivity index (χ1n) is 15.6. The Morgan fingerprint density at radius 1 is 0.938 bits per heavy atom. The molecule has 1 aliphatic heterocycles. The first-order valence-corrected chi connectivity index (χ1v) is 15.6. The van der Waals surface area contributed by atoms with Gasteiger partial charge in [0.05, 0.1) is 19.3 Å². The molecule has 0 amide bonds. The van der Waals surface area contributed by atoms with Crippen molar-refractivity contribution in [2.24, 2.45) is 5.92 Å². The first-order chi connectivity index (χ1) is 22.8. The number of rotatable bonds is 9. The summed E-state index contributed by atoms with van der Waals surface area (Å²) in [5.74, 6) is -1.47. The highest BCUT2D eigenvalue weighted by Gasteiger charge is 2.45. The first kappa shape index (κ1) is 35.6. The smallest absolute Gasteiger partial charge is 0.239 e. The maximum Gasteiger partial charge on any atom is 0.239 e. The van der Waals surface area contributed by atoms with Gasteiger partial charge in [-0.3, -0.25) is 4.79 Å². The van der Waals surface area contributed by atoms with Crippen LogP contribution >= 0.6 is 0 Å². The zero-order valence-electron chi connectivity index (χ0n) is 26.9. The Hall–Kier alpha value is -3.73. The number of phenolic OH excluding ortho intramolecular Hbond substituents is 1. The summed E-state index contributed by atoms with van der Waals surface area (Å²) in [7, 11) is 1.48. The van der Waals surface area contributed by atoms with E-state index in [4.69, 9.17) is 23.4 Å². The highest BCUT2D eigenvalue weighted by Crippen LogP contribution is 2.42. The summed E-state index contributed by atoms with van der Waals surface area (Å²) in [6, 6.07) is 7.56. The molecule has 0 bridgehead atoms. The predicted octanol–water partition coefficient (Wildman–Crippen LogP) is 0.731. The fourth-order valence-electron chi connectivity index (χ4n) is 5.97. The molecule has 0 radical (unpaired) electrons. The van der Waals surface area contributed by atoms with Crippen LogP contribution < -0.4 is 19.6 Å². The summed E-state index contributed by atoms with van der Waals surface area (Å²) in [5.41, 5.74) is 0.564. The van der Waals surface area contributed by atoms with Gasteiger partial charge in [0, 0.05) is 29.7 Å². The van der Waals surface area contributed by atoms with Crippen LogP contribution in [0.2, 0.25) is 0 Å². The molecule has 3 aromatic rings. The molecule has 2 heterocycles. The van der Waals surface area contributed by atoms with Crippen LogP contribution in [0.15, 0.2) is 51.2 Å². The van der Waals surface area contributed by atoms with Crippen LogP contribution in [-0.2, 0) is 11.2 Å². The minimum absolute atomic E-state index is 0.0105. The highest BCUT2D eigenvalue weighted by molar-refractivity contribution is 5.91. The van der Waals surface area contributed by atoms with Gasteiger partial charge < -0.3 is 64.2 Å². The summed E-state index contributed by atoms with van der Waals surface area (Å²) in [6.07, 6.45) is -11.2. The Balaban J connectivity index is 1.71. The molecule has 14 heteroatoms. The van der Waals surface area contributed by atoms with Gasteiger partial charge in [-0.2, -0.15) is 0 Å². The van der Waals surface area contributed by atoms with Crippen LogP contribution in [0.25, 0.3) is 22.3 Å². The maximum atomic E-state index is 14.3. The number of phenols is 1. The van der Waals surface area contributed by atoms with Crippen LogP contribution in [0.1, 0.15) is 32.8 Å². The summed E-state index contributed by atoms with van der Waals surface area (Å²) >= 11 is 0. The van der Waals surface area contributed by atoms with Gasteiger partial charge in [-0.25, -0.2) is 0 Å². The Bertz CT molecular complexity index is 1680. The van der Waals surface area contributed by atoms with Crippen molar-refractivity contribution in [1.29, 1.82) is 0 Å². The van der Waals surface area contributed by atoms with Crippen LogP contribution in [0.5, 0.6) is 23.0 Å². The SMILES string of the molecule is COc1ccc(-c2oc3c(CC=C(C)C)c(OC4C[C@H](CO)[C@@H](O)[C@H](O)[C@H]4O)cc(O)c3c(=O)c2O[C@@H]2O[C@@H](C)[C@H](O)[C@@H](O)[C@H]2O)cc1. The average Bonchev–Trinajstić information content (AvgIpc) is 3.06. The standard InChI is InChI=1S/C34H42O14/c1-14(2)5-10-19-21(46-22-11-17(13-35)25(38)29(42)26(22)39)12-20(36)23-27(40)33(48-34-30(43)28(41)24(37)15(3)45-34)31(47-32(19)23)16-6-8-18(44-4)9-7-16/h5-9,12,15,17,22,24-26,28-30,34-39,41-43H,10-11,13H2,1-4H3/t15-,17+,22?,24-,25+,26-,28+,29-,30+,34-/m0/s1. The van der Waals surface area contributed by atoms with Gasteiger partial charge in [0.25, 0.3) is 0 Å². The molecule has 2 aliphatic rings. The lowest BCUT2D eigenvalue weighted by Gasteiger charge is -2.40. The second-order valence-electron chi connectivity index (χ2n) is 12.5. The van der Waals surface area contributed by atoms with E-state index < -0.39 is 84.6 Å². The van der Waals surface area contributed by atoms with E-state index in [1.54, 1.807) is 24.3 Å². The number of ether oxygens (including phenoxy) is 4. The third kappa shape index (κ3) is 6.75. The molecule has 2 aromatic carbocycles. The molecule has 48 heavy (non-hydrogen) atoms. The van der Waals surface area contributed by atoms with Crippen molar-refractivity contribution in [2.45, 2.75) is 88.7 Å². The van der Waals surface area contributed by atoms with Crippen molar-refractivity contribution in [1.82, 2.24) is 0 Å². The molecule has 5 rings (SSSR count). The second kappa shape index (κ2) is 14.4. The molecule has 1 aliphatic carbocycles. The molecule has 8 N–H and O–H groups in total. The van der Waals surface area contributed by atoms with Crippen molar-refractivity contribution < 1.29 is 64.2 Å². The maximum absolute atomic E-state index is 14.3. The van der Waals surface area contributed by atoms with Crippen LogP contribution in [0.4, 0.5) is 0 Å². The lowest BCUT2D eigenvalue weighted by Crippen LogP contribution is -2.58. The molecule has 1 unspecified atom stereocenters. The number of aromatic hydroxyl groups is 1. The van der Waals surface area contributed by atoms with Gasteiger partial charge in [-0.05, 0) is 57.9 Å². The second-order valence-corrected chi connectivity index (χ2v) is 12.5. The number of aliphatic hydroxyl groups excluding tert-OH is 7. The Morgan fingerprint density at radius 2 is 1.60 bits per heavy atom. The molecule has 10 atom stereocenters. The van der Waals surface area contributed by atoms with Crippen LogP contribution in [0.3, 0.4) is 0 Å². The minimum atomic E-state index is -1.76. The normalized spacial score (nSPS) is 30.6. The van der Waals surface area contributed by atoms with Crippen molar-refractivity contribution in [3.63, 3.8) is 0 Å². The predicted molar refractivity (Wildman–Crippen MR) is 170 cm³/mol. The highest BCUT2D eigenvalue weighted by atomic mass is 16.7. The van der Waals surface area contributed by atoms with Gasteiger partial charge in [0.2, 0.25) is 17.5 Å². The van der Waals surface area contributed by atoms with E-state index in [1.807, 2.05) is 19.9 Å². The number of benzene rings is 2. The number of hydrogen-bond acceptors (Lipinski definition) is 14. The fourth-order valence-corrected chi connectivity index (χ4v) is 5.97. The van der Waals surface area contributed by atoms with Crippen LogP contribution in [-0.4, -0.2) is 110 Å². The molecule has 262 valence electrons. The monoisotopic (exact) mass is 674 g/mol. The van der Waals surface area contributed by atoms with E-state index in [0.717, 1.165) is 11.6 Å². The van der Waals surface area contributed by atoms with Gasteiger partial charge in [-0.1, -0.05) is 11.6 Å². The third-order valence-corrected chi connectivity index (χ3v) is 8.89. The van der Waals surface area contributed by atoms with Gasteiger partial charge >= 0.3 is 0 Å². The summed E-state index contributed by atoms with van der Waals surface area (Å²) in [5, 5.41) is 83.5. The molecule has 0 spiro atoms. The topological polar surface area (TPSA) is 229 Å². The van der Waals surface area contributed by atoms with Gasteiger partial charge in [0.1, 0.15) is 64.8 Å². The van der Waals surface area contributed by atoms with Crippen molar-refractivity contribution in [3.8, 4) is 34.3 Å². The number of fused-ring (bicyclic) bond motifs is 1. The minimum Gasteiger partial charge on any atom is -0.507 e. The van der Waals surface area contributed by atoms with E-state index in [2.05, 4.69) is 0 Å². The van der Waals surface area contributed by atoms with Crippen molar-refractivity contribution in [3.05, 3.63) is 57.8 Å². The number of aliphatic hydroxyl groups is 7. The molecular formula is C34H42O14. The number of hydrogen-bond donors (Lipinski definition) is 8. The third-order valence-electron chi connectivity index (χ3n) is 8.89. The Labute approximate surface area is 275 Å². The van der Waals surface area contributed by atoms with Gasteiger partial charge in [-0.15, -0.1) is 0 Å². The largest absolute Gasteiger partial charge is 0.507 e. The van der Waals surface area contributed by atoms with E-state index in [0.29, 0.717) is 11.3 Å². The molecule has 1 saturated heterocycles. The van der Waals surface area contributed by atoms with Crippen molar-refractivity contribution in [2.75, 3.05) is 13.7 Å². The Kier molecular flexibility index (Phi) is 10.7. The summed E-state index contributed by atoms with van der Waals surface area (Å²) in [6.45, 7) is 4.68. The lowest BCUT2D eigenvalue weighted by molar-refractivity contribution is -0.268. The summed E-state index contributed by atoms with van der Waals surface area (Å²) < 4.78 is 29.3.